The van der Waals surface area contributed by atoms with Gasteiger partial charge in [-0.3, -0.25) is 0 Å². The van der Waals surface area contributed by atoms with Crippen molar-refractivity contribution in [2.75, 3.05) is 0 Å². The molecule has 0 radical (unpaired) electrons. The van der Waals surface area contributed by atoms with Crippen molar-refractivity contribution in [3.63, 3.8) is 0 Å². The van der Waals surface area contributed by atoms with Gasteiger partial charge >= 0.3 is 0 Å². The Morgan fingerprint density at radius 3 is 0.281 bits per heavy atom. The lowest BCUT2D eigenvalue weighted by atomic mass is 10.2. The maximum atomic E-state index is 9.44. The Bertz CT molecular complexity index is 1680. The molecule has 0 fully saturated rings. The van der Waals surface area contributed by atoms with E-state index in [1.165, 1.54) is 72.2 Å². The van der Waals surface area contributed by atoms with Crippen LogP contribution in [0.2, 0.25) is 0 Å². The van der Waals surface area contributed by atoms with Gasteiger partial charge in [0.05, 0.1) is 0 Å². The maximum Gasteiger partial charge on any atom is 0.126 e. The van der Waals surface area contributed by atoms with Gasteiger partial charge in [0.15, 0.2) is 0 Å². The fourth-order valence-corrected chi connectivity index (χ4v) is 4.28. The molecule has 8 aromatic carbocycles. The Hall–Kier alpha value is -6.90. The molecule has 336 valence electrons. The van der Waals surface area contributed by atoms with Gasteiger partial charge in [-0.05, 0) is 83.1 Å². The van der Waals surface area contributed by atoms with Crippen molar-refractivity contribution in [1.82, 2.24) is 0 Å². The molecule has 0 bridgehead atoms. The monoisotopic (exact) mass is 853 g/mol. The highest BCUT2D eigenvalue weighted by atomic mass is 16.1. The average Bonchev–Trinajstić information content (AvgIpc) is 3.27. The van der Waals surface area contributed by atoms with Crippen LogP contribution in [0.3, 0.4) is 0 Å². The first-order chi connectivity index (χ1) is 30.6. The first-order valence-corrected chi connectivity index (χ1v) is 21.7. The molecule has 0 aliphatic carbocycles. The molecule has 0 saturated carbocycles. The van der Waals surface area contributed by atoms with E-state index in [0.717, 1.165) is 0 Å². The molecule has 0 aromatic heterocycles. The second kappa shape index (κ2) is 42.8. The molecular weight excluding hydrogens is 777 g/mol. The van der Waals surface area contributed by atoms with Gasteiger partial charge < -0.3 is 9.59 Å². The number of aryl methyl sites for hydroxylation is 8. The molecular formula is C62H76O2. The van der Waals surface area contributed by atoms with Gasteiger partial charge in [-0.25, -0.2) is 0 Å². The first kappa shape index (κ1) is 59.2. The number of ketones is 2. The Morgan fingerprint density at radius 2 is 0.250 bits per heavy atom. The molecule has 0 heterocycles. The predicted octanol–water partition coefficient (Wildman–Crippen LogP) is 17.2. The SMILES string of the molecule is CC(C)=O.CC(C)=O.Cc1ccccc1.Cc1ccccc1.Cc1ccccc1.Cc1ccccc1.Cc1ccccc1.Cc1ccccc1.Cc1ccccc1.Cc1ccccc1. The lowest BCUT2D eigenvalue weighted by Crippen LogP contribution is -1.69. The van der Waals surface area contributed by atoms with Gasteiger partial charge in [-0.2, -0.15) is 0 Å². The van der Waals surface area contributed by atoms with Gasteiger partial charge in [0.2, 0.25) is 0 Å². The molecule has 0 aliphatic rings. The van der Waals surface area contributed by atoms with Crippen molar-refractivity contribution < 1.29 is 9.59 Å². The van der Waals surface area contributed by atoms with E-state index in [4.69, 9.17) is 0 Å². The van der Waals surface area contributed by atoms with Crippen LogP contribution in [0.4, 0.5) is 0 Å². The van der Waals surface area contributed by atoms with Crippen molar-refractivity contribution in [3.05, 3.63) is 287 Å². The fourth-order valence-electron chi connectivity index (χ4n) is 4.28. The van der Waals surface area contributed by atoms with Crippen molar-refractivity contribution in [2.24, 2.45) is 0 Å². The average molecular weight is 853 g/mol. The summed E-state index contributed by atoms with van der Waals surface area (Å²) in [6.45, 7) is 22.8. The molecule has 0 atom stereocenters. The van der Waals surface area contributed by atoms with E-state index in [0.29, 0.717) is 0 Å². The van der Waals surface area contributed by atoms with Crippen LogP contribution in [-0.2, 0) is 9.59 Å². The van der Waals surface area contributed by atoms with Crippen LogP contribution in [0.15, 0.2) is 243 Å². The topological polar surface area (TPSA) is 34.1 Å². The molecule has 8 aromatic rings. The highest BCUT2D eigenvalue weighted by Crippen LogP contribution is 1.96. The molecule has 8 rings (SSSR count). The van der Waals surface area contributed by atoms with Crippen LogP contribution >= 0.6 is 0 Å². The highest BCUT2D eigenvalue weighted by Gasteiger charge is 1.76. The molecule has 0 saturated heterocycles. The van der Waals surface area contributed by atoms with Crippen LogP contribution in [0.25, 0.3) is 0 Å². The Labute approximate surface area is 389 Å². The largest absolute Gasteiger partial charge is 0.300 e. The second-order valence-corrected chi connectivity index (χ2v) is 15.1. The normalized spacial score (nSPS) is 8.44. The summed E-state index contributed by atoms with van der Waals surface area (Å²) in [5.41, 5.74) is 10.6. The number of hydrogen-bond acceptors (Lipinski definition) is 2. The number of carbonyl (C=O) groups is 2. The lowest BCUT2D eigenvalue weighted by Gasteiger charge is -1.82. The van der Waals surface area contributed by atoms with Gasteiger partial charge in [-0.1, -0.05) is 287 Å². The van der Waals surface area contributed by atoms with Gasteiger partial charge in [0.1, 0.15) is 11.6 Å². The van der Waals surface area contributed by atoms with E-state index in [9.17, 15) is 9.59 Å². The molecule has 0 aliphatic heterocycles. The molecule has 0 unspecified atom stereocenters. The van der Waals surface area contributed by atoms with Crippen molar-refractivity contribution in [3.8, 4) is 0 Å². The van der Waals surface area contributed by atoms with E-state index in [1.807, 2.05) is 146 Å². The third-order valence-electron chi connectivity index (χ3n) is 7.52. The molecule has 0 spiro atoms. The summed E-state index contributed by atoms with van der Waals surface area (Å²) in [6.07, 6.45) is 0. The molecule has 2 nitrogen and oxygen atoms in total. The molecule has 64 heavy (non-hydrogen) atoms. The molecule has 2 heteroatoms. The summed E-state index contributed by atoms with van der Waals surface area (Å²) in [6, 6.07) is 82.1. The van der Waals surface area contributed by atoms with Gasteiger partial charge in [0.25, 0.3) is 0 Å². The van der Waals surface area contributed by atoms with Crippen molar-refractivity contribution in [1.29, 1.82) is 0 Å². The zero-order chi connectivity index (χ0) is 48.1. The Kier molecular flexibility index (Phi) is 39.6. The first-order valence-electron chi connectivity index (χ1n) is 21.7. The third-order valence-corrected chi connectivity index (χ3v) is 7.52. The summed E-state index contributed by atoms with van der Waals surface area (Å²) in [5.74, 6) is 0.333. The zero-order valence-corrected chi connectivity index (χ0v) is 40.9. The van der Waals surface area contributed by atoms with Crippen LogP contribution < -0.4 is 0 Å². The Morgan fingerprint density at radius 1 is 0.188 bits per heavy atom. The number of carbonyl (C=O) groups excluding carboxylic acids is 2. The number of benzene rings is 8. The van der Waals surface area contributed by atoms with Crippen LogP contribution in [-0.4, -0.2) is 11.6 Å². The number of hydrogen-bond donors (Lipinski definition) is 0. The van der Waals surface area contributed by atoms with Crippen LogP contribution in [0, 0.1) is 55.4 Å². The summed E-state index contributed by atoms with van der Waals surface area (Å²) in [4.78, 5) is 18.9. The van der Waals surface area contributed by atoms with Gasteiger partial charge in [0, 0.05) is 0 Å². The van der Waals surface area contributed by atoms with Crippen molar-refractivity contribution >= 4 is 11.6 Å². The fraction of sp³-hybridized carbons (Fsp3) is 0.194. The highest BCUT2D eigenvalue weighted by molar-refractivity contribution is 5.72. The minimum absolute atomic E-state index is 0.167. The third kappa shape index (κ3) is 49.5. The lowest BCUT2D eigenvalue weighted by molar-refractivity contribution is -0.115. The van der Waals surface area contributed by atoms with E-state index >= 15 is 0 Å². The molecule has 0 amide bonds. The second-order valence-electron chi connectivity index (χ2n) is 15.1. The standard InChI is InChI=1S/8C7H8.2C3H6O/c8*1-7-5-3-2-4-6-7;2*1-3(2)4/h8*2-6H,1H3;2*1-2H3. The number of Topliss-reactive ketones (excluding diaryl/α,β-unsaturated/α-hetero) is 2. The minimum Gasteiger partial charge on any atom is -0.300 e. The minimum atomic E-state index is 0.167. The van der Waals surface area contributed by atoms with Gasteiger partial charge in [-0.15, -0.1) is 0 Å². The zero-order valence-electron chi connectivity index (χ0n) is 40.9. The van der Waals surface area contributed by atoms with E-state index in [2.05, 4.69) is 152 Å². The van der Waals surface area contributed by atoms with E-state index in [-0.39, 0.29) is 11.6 Å². The summed E-state index contributed by atoms with van der Waals surface area (Å²) in [7, 11) is 0. The summed E-state index contributed by atoms with van der Waals surface area (Å²) in [5, 5.41) is 0. The van der Waals surface area contributed by atoms with Crippen LogP contribution in [0.1, 0.15) is 72.2 Å². The Balaban J connectivity index is 0. The van der Waals surface area contributed by atoms with E-state index in [1.54, 1.807) is 0 Å². The van der Waals surface area contributed by atoms with E-state index < -0.39 is 0 Å². The maximum absolute atomic E-state index is 9.44. The molecule has 0 N–H and O–H groups in total. The quantitative estimate of drug-likeness (QED) is 0.152. The summed E-state index contributed by atoms with van der Waals surface area (Å²) >= 11 is 0. The number of rotatable bonds is 0. The smallest absolute Gasteiger partial charge is 0.126 e. The van der Waals surface area contributed by atoms with Crippen LogP contribution in [0.5, 0.6) is 0 Å². The van der Waals surface area contributed by atoms with Crippen molar-refractivity contribution in [2.45, 2.75) is 83.1 Å². The summed E-state index contributed by atoms with van der Waals surface area (Å²) < 4.78 is 0. The predicted molar refractivity (Wildman–Crippen MR) is 282 cm³/mol.